The van der Waals surface area contributed by atoms with Crippen LogP contribution >= 0.6 is 0 Å². The molecule has 0 bridgehead atoms. The molecule has 0 spiro atoms. The summed E-state index contributed by atoms with van der Waals surface area (Å²) in [5.41, 5.74) is 1.30. The van der Waals surface area contributed by atoms with Gasteiger partial charge in [0.1, 0.15) is 0 Å². The lowest BCUT2D eigenvalue weighted by molar-refractivity contribution is -0.00411. The van der Waals surface area contributed by atoms with Crippen LogP contribution in [0.4, 0.5) is 0 Å². The van der Waals surface area contributed by atoms with Gasteiger partial charge in [0.25, 0.3) is 0 Å². The van der Waals surface area contributed by atoms with Gasteiger partial charge >= 0.3 is 0 Å². The monoisotopic (exact) mass is 263 g/mol. The molecule has 2 atom stereocenters. The fraction of sp³-hybridized carbons (Fsp3) is 0.750. The Labute approximate surface area is 115 Å². The van der Waals surface area contributed by atoms with E-state index in [1.807, 2.05) is 6.26 Å². The molecule has 1 saturated heterocycles. The Balaban J connectivity index is 1.55. The van der Waals surface area contributed by atoms with Crippen LogP contribution < -0.4 is 5.32 Å². The first-order valence-corrected chi connectivity index (χ1v) is 7.78. The third kappa shape index (κ3) is 3.40. The van der Waals surface area contributed by atoms with Crippen molar-refractivity contribution in [3.8, 4) is 0 Å². The van der Waals surface area contributed by atoms with Crippen molar-refractivity contribution in [2.45, 2.75) is 50.5 Å². The summed E-state index contributed by atoms with van der Waals surface area (Å²) in [6.07, 6.45) is 12.0. The average molecular weight is 263 g/mol. The third-order valence-corrected chi connectivity index (χ3v) is 4.67. The lowest BCUT2D eigenvalue weighted by atomic mass is 9.88. The molecule has 1 saturated carbocycles. The van der Waals surface area contributed by atoms with Crippen molar-refractivity contribution < 1.29 is 9.15 Å². The first-order valence-electron chi connectivity index (χ1n) is 7.78. The zero-order chi connectivity index (χ0) is 12.9. The first-order chi connectivity index (χ1) is 9.43. The third-order valence-electron chi connectivity index (χ3n) is 4.67. The van der Waals surface area contributed by atoms with Crippen LogP contribution in [-0.2, 0) is 4.74 Å². The minimum Gasteiger partial charge on any atom is -0.472 e. The molecule has 0 aromatic carbocycles. The highest BCUT2D eigenvalue weighted by molar-refractivity contribution is 5.15. The van der Waals surface area contributed by atoms with Gasteiger partial charge in [-0.25, -0.2) is 0 Å². The fourth-order valence-corrected chi connectivity index (χ4v) is 3.49. The summed E-state index contributed by atoms with van der Waals surface area (Å²) in [7, 11) is 0. The zero-order valence-electron chi connectivity index (χ0n) is 11.6. The molecule has 0 amide bonds. The second-order valence-electron chi connectivity index (χ2n) is 6.03. The number of furan rings is 1. The Morgan fingerprint density at radius 1 is 1.21 bits per heavy atom. The number of rotatable bonds is 4. The van der Waals surface area contributed by atoms with Crippen molar-refractivity contribution >= 4 is 0 Å². The van der Waals surface area contributed by atoms with Crippen molar-refractivity contribution in [2.24, 2.45) is 5.92 Å². The molecule has 3 nitrogen and oxygen atoms in total. The van der Waals surface area contributed by atoms with E-state index >= 15 is 0 Å². The topological polar surface area (TPSA) is 34.4 Å². The molecule has 3 heteroatoms. The Kier molecular flexibility index (Phi) is 4.57. The Morgan fingerprint density at radius 3 is 2.89 bits per heavy atom. The van der Waals surface area contributed by atoms with E-state index in [9.17, 15) is 0 Å². The van der Waals surface area contributed by atoms with E-state index in [1.54, 1.807) is 6.26 Å². The van der Waals surface area contributed by atoms with Crippen LogP contribution in [0.1, 0.15) is 50.0 Å². The second kappa shape index (κ2) is 6.58. The van der Waals surface area contributed by atoms with Crippen molar-refractivity contribution in [1.82, 2.24) is 5.32 Å². The van der Waals surface area contributed by atoms with E-state index < -0.39 is 0 Å². The Morgan fingerprint density at radius 2 is 2.11 bits per heavy atom. The van der Waals surface area contributed by atoms with Crippen molar-refractivity contribution in [1.29, 1.82) is 0 Å². The van der Waals surface area contributed by atoms with Crippen LogP contribution in [-0.4, -0.2) is 25.8 Å². The van der Waals surface area contributed by atoms with Crippen LogP contribution in [0.5, 0.6) is 0 Å². The highest BCUT2D eigenvalue weighted by atomic mass is 16.5. The van der Waals surface area contributed by atoms with E-state index in [2.05, 4.69) is 11.4 Å². The van der Waals surface area contributed by atoms with Gasteiger partial charge in [-0.1, -0.05) is 19.3 Å². The molecule has 19 heavy (non-hydrogen) atoms. The van der Waals surface area contributed by atoms with Gasteiger partial charge < -0.3 is 14.5 Å². The summed E-state index contributed by atoms with van der Waals surface area (Å²) in [6, 6.07) is 2.09. The second-order valence-corrected chi connectivity index (χ2v) is 6.03. The lowest BCUT2D eigenvalue weighted by Crippen LogP contribution is -2.41. The Bertz CT molecular complexity index is 357. The lowest BCUT2D eigenvalue weighted by Gasteiger charge is -2.33. The fourth-order valence-electron chi connectivity index (χ4n) is 3.49. The molecule has 2 heterocycles. The van der Waals surface area contributed by atoms with Crippen LogP contribution in [0.2, 0.25) is 0 Å². The number of hydrogen-bond donors (Lipinski definition) is 1. The molecule has 1 aromatic rings. The highest BCUT2D eigenvalue weighted by Crippen LogP contribution is 2.30. The van der Waals surface area contributed by atoms with Crippen LogP contribution in [0.15, 0.2) is 23.0 Å². The molecule has 2 unspecified atom stereocenters. The number of ether oxygens (including phenoxy) is 1. The van der Waals surface area contributed by atoms with Crippen molar-refractivity contribution in [2.75, 3.05) is 19.7 Å². The van der Waals surface area contributed by atoms with Gasteiger partial charge in [-0.05, 0) is 43.4 Å². The molecular weight excluding hydrogens is 238 g/mol. The number of hydrogen-bond acceptors (Lipinski definition) is 3. The molecule has 2 fully saturated rings. The quantitative estimate of drug-likeness (QED) is 0.905. The van der Waals surface area contributed by atoms with Gasteiger partial charge in [-0.3, -0.25) is 0 Å². The predicted molar refractivity (Wildman–Crippen MR) is 75.3 cm³/mol. The molecule has 1 N–H and O–H groups in total. The van der Waals surface area contributed by atoms with E-state index in [4.69, 9.17) is 9.15 Å². The summed E-state index contributed by atoms with van der Waals surface area (Å²) < 4.78 is 11.5. The van der Waals surface area contributed by atoms with Gasteiger partial charge in [0.05, 0.1) is 18.6 Å². The molecule has 1 aliphatic carbocycles. The van der Waals surface area contributed by atoms with E-state index in [0.717, 1.165) is 32.0 Å². The summed E-state index contributed by atoms with van der Waals surface area (Å²) in [5, 5.41) is 3.46. The molecule has 2 aliphatic rings. The van der Waals surface area contributed by atoms with E-state index in [1.165, 1.54) is 37.7 Å². The van der Waals surface area contributed by atoms with Crippen molar-refractivity contribution in [3.63, 3.8) is 0 Å². The first kappa shape index (κ1) is 13.2. The maximum atomic E-state index is 6.25. The molecule has 3 rings (SSSR count). The van der Waals surface area contributed by atoms with Gasteiger partial charge in [0, 0.05) is 19.1 Å². The molecule has 1 aliphatic heterocycles. The maximum absolute atomic E-state index is 6.25. The summed E-state index contributed by atoms with van der Waals surface area (Å²) >= 11 is 0. The normalized spacial score (nSPS) is 29.5. The van der Waals surface area contributed by atoms with Gasteiger partial charge in [0.15, 0.2) is 0 Å². The van der Waals surface area contributed by atoms with Gasteiger partial charge in [-0.15, -0.1) is 0 Å². The molecular formula is C16H25NO2. The Hall–Kier alpha value is -0.800. The molecule has 106 valence electrons. The molecule has 0 radical (unpaired) electrons. The SMILES string of the molecule is c1cc(C2CCNCC2OCC2CCCCC2)co1. The zero-order valence-corrected chi connectivity index (χ0v) is 11.6. The van der Waals surface area contributed by atoms with Gasteiger partial charge in [-0.2, -0.15) is 0 Å². The van der Waals surface area contributed by atoms with E-state index in [0.29, 0.717) is 12.0 Å². The van der Waals surface area contributed by atoms with Crippen LogP contribution in [0.3, 0.4) is 0 Å². The van der Waals surface area contributed by atoms with Gasteiger partial charge in [0.2, 0.25) is 0 Å². The summed E-state index contributed by atoms with van der Waals surface area (Å²) in [4.78, 5) is 0. The standard InChI is InChI=1S/C16H25NO2/c1-2-4-13(5-3-1)11-19-16-10-17-8-6-15(16)14-7-9-18-12-14/h7,9,12-13,15-17H,1-6,8,10-11H2. The van der Waals surface area contributed by atoms with E-state index in [-0.39, 0.29) is 0 Å². The molecule has 1 aromatic heterocycles. The summed E-state index contributed by atoms with van der Waals surface area (Å²) in [6.45, 7) is 3.00. The van der Waals surface area contributed by atoms with Crippen LogP contribution in [0, 0.1) is 5.92 Å². The maximum Gasteiger partial charge on any atom is 0.0938 e. The van der Waals surface area contributed by atoms with Crippen LogP contribution in [0.25, 0.3) is 0 Å². The summed E-state index contributed by atoms with van der Waals surface area (Å²) in [5.74, 6) is 1.30. The highest BCUT2D eigenvalue weighted by Gasteiger charge is 2.28. The minimum absolute atomic E-state index is 0.313. The van der Waals surface area contributed by atoms with Crippen molar-refractivity contribution in [3.05, 3.63) is 24.2 Å². The average Bonchev–Trinajstić information content (AvgIpc) is 3.01. The number of piperidine rings is 1. The number of nitrogens with one attached hydrogen (secondary N) is 1. The largest absolute Gasteiger partial charge is 0.472 e. The minimum atomic E-state index is 0.313. The predicted octanol–water partition coefficient (Wildman–Crippen LogP) is 3.32. The smallest absolute Gasteiger partial charge is 0.0938 e.